The number of hydrogen-bond donors (Lipinski definition) is 1. The van der Waals surface area contributed by atoms with Crippen LogP contribution in [0, 0.1) is 0 Å². The summed E-state index contributed by atoms with van der Waals surface area (Å²) in [5.41, 5.74) is 0. The molecule has 0 saturated carbocycles. The largest absolute Gasteiger partial charge is 0.338 e. The number of carbonyl (C=O) groups excluding carboxylic acids is 1. The molecule has 1 aliphatic rings. The maximum Gasteiger partial charge on any atom is 0.317 e. The zero-order valence-electron chi connectivity index (χ0n) is 9.86. The van der Waals surface area contributed by atoms with Crippen LogP contribution >= 0.6 is 11.6 Å². The van der Waals surface area contributed by atoms with E-state index in [0.717, 1.165) is 0 Å². The van der Waals surface area contributed by atoms with Crippen molar-refractivity contribution < 1.29 is 13.2 Å². The first-order chi connectivity index (χ1) is 8.01. The van der Waals surface area contributed by atoms with Crippen LogP contribution in [0.1, 0.15) is 6.92 Å². The monoisotopic (exact) mass is 283 g/mol. The van der Waals surface area contributed by atoms with Gasteiger partial charge in [0.1, 0.15) is 0 Å². The van der Waals surface area contributed by atoms with Crippen molar-refractivity contribution in [1.82, 2.24) is 14.5 Å². The van der Waals surface area contributed by atoms with Crippen molar-refractivity contribution in [3.05, 3.63) is 0 Å². The Hall–Kier alpha value is -0.530. The third-order valence-corrected chi connectivity index (χ3v) is 4.87. The average molecular weight is 284 g/mol. The summed E-state index contributed by atoms with van der Waals surface area (Å²) in [6.45, 7) is 3.95. The molecule has 0 aromatic heterocycles. The van der Waals surface area contributed by atoms with Gasteiger partial charge >= 0.3 is 6.03 Å². The van der Waals surface area contributed by atoms with E-state index in [1.54, 1.807) is 4.90 Å². The molecule has 0 aliphatic carbocycles. The van der Waals surface area contributed by atoms with E-state index in [4.69, 9.17) is 11.6 Å². The predicted molar refractivity (Wildman–Crippen MR) is 66.7 cm³/mol. The lowest BCUT2D eigenvalue weighted by atomic mass is 10.4. The molecule has 0 radical (unpaired) electrons. The molecule has 1 fully saturated rings. The Morgan fingerprint density at radius 1 is 1.29 bits per heavy atom. The second-order valence-corrected chi connectivity index (χ2v) is 6.19. The molecule has 2 amide bonds. The number of sulfonamides is 1. The van der Waals surface area contributed by atoms with Crippen LogP contribution in [0.3, 0.4) is 0 Å². The van der Waals surface area contributed by atoms with Gasteiger partial charge in [-0.1, -0.05) is 0 Å². The number of carbonyl (C=O) groups is 1. The maximum atomic E-state index is 11.7. The molecule has 0 atom stereocenters. The molecule has 8 heteroatoms. The highest BCUT2D eigenvalue weighted by atomic mass is 35.5. The summed E-state index contributed by atoms with van der Waals surface area (Å²) >= 11 is 5.45. The number of amides is 2. The summed E-state index contributed by atoms with van der Waals surface area (Å²) in [6, 6.07) is -0.137. The summed E-state index contributed by atoms with van der Waals surface area (Å²) in [4.78, 5) is 13.1. The van der Waals surface area contributed by atoms with E-state index in [2.05, 4.69) is 5.32 Å². The van der Waals surface area contributed by atoms with E-state index in [1.165, 1.54) is 4.31 Å². The van der Waals surface area contributed by atoms with E-state index in [1.807, 2.05) is 6.92 Å². The molecule has 0 bridgehead atoms. The molecule has 0 aromatic carbocycles. The lowest BCUT2D eigenvalue weighted by Gasteiger charge is -2.33. The minimum absolute atomic E-state index is 0.0459. The summed E-state index contributed by atoms with van der Waals surface area (Å²) in [7, 11) is -3.25. The summed E-state index contributed by atoms with van der Waals surface area (Å²) in [6.07, 6.45) is 0. The molecular weight excluding hydrogens is 266 g/mol. The van der Waals surface area contributed by atoms with Crippen LogP contribution in [-0.4, -0.2) is 68.0 Å². The van der Waals surface area contributed by atoms with Gasteiger partial charge in [-0.05, 0) is 6.92 Å². The molecular formula is C9H18ClN3O3S. The Bertz CT molecular complexity index is 352. The molecule has 1 saturated heterocycles. The Labute approximate surface area is 107 Å². The van der Waals surface area contributed by atoms with Crippen LogP contribution in [0.4, 0.5) is 4.79 Å². The Morgan fingerprint density at radius 3 is 2.35 bits per heavy atom. The van der Waals surface area contributed by atoms with Crippen LogP contribution in [0.15, 0.2) is 0 Å². The zero-order chi connectivity index (χ0) is 12.9. The van der Waals surface area contributed by atoms with Crippen molar-refractivity contribution in [3.8, 4) is 0 Å². The molecule has 0 aromatic rings. The number of nitrogens with zero attached hydrogens (tertiary/aromatic N) is 2. The smallest absolute Gasteiger partial charge is 0.317 e. The second-order valence-electron chi connectivity index (χ2n) is 3.73. The highest BCUT2D eigenvalue weighted by Crippen LogP contribution is 2.08. The van der Waals surface area contributed by atoms with Gasteiger partial charge in [0.25, 0.3) is 0 Å². The van der Waals surface area contributed by atoms with E-state index in [-0.39, 0.29) is 17.7 Å². The molecule has 1 N–H and O–H groups in total. The second kappa shape index (κ2) is 6.42. The fraction of sp³-hybridized carbons (Fsp3) is 0.889. The maximum absolute atomic E-state index is 11.7. The van der Waals surface area contributed by atoms with Crippen LogP contribution in [-0.2, 0) is 10.0 Å². The first-order valence-corrected chi connectivity index (χ1v) is 7.72. The highest BCUT2D eigenvalue weighted by molar-refractivity contribution is 7.89. The van der Waals surface area contributed by atoms with E-state index >= 15 is 0 Å². The normalized spacial score (nSPS) is 18.1. The Balaban J connectivity index is 2.48. The first kappa shape index (κ1) is 14.5. The lowest BCUT2D eigenvalue weighted by Crippen LogP contribution is -2.53. The molecule has 0 unspecified atom stereocenters. The minimum atomic E-state index is -3.25. The van der Waals surface area contributed by atoms with Crippen molar-refractivity contribution >= 4 is 27.7 Å². The average Bonchev–Trinajstić information content (AvgIpc) is 2.29. The SMILES string of the molecule is CCNC(=O)N1CCN(S(=O)(=O)CCCl)CC1. The molecule has 17 heavy (non-hydrogen) atoms. The van der Waals surface area contributed by atoms with Crippen molar-refractivity contribution in [2.24, 2.45) is 0 Å². The van der Waals surface area contributed by atoms with E-state index in [0.29, 0.717) is 32.7 Å². The topological polar surface area (TPSA) is 69.7 Å². The zero-order valence-corrected chi connectivity index (χ0v) is 11.4. The molecule has 1 heterocycles. The third-order valence-electron chi connectivity index (χ3n) is 2.58. The van der Waals surface area contributed by atoms with Gasteiger partial charge in [0.15, 0.2) is 0 Å². The van der Waals surface area contributed by atoms with Crippen molar-refractivity contribution in [1.29, 1.82) is 0 Å². The molecule has 1 aliphatic heterocycles. The number of piperazine rings is 1. The quantitative estimate of drug-likeness (QED) is 0.733. The fourth-order valence-electron chi connectivity index (χ4n) is 1.66. The van der Waals surface area contributed by atoms with Gasteiger partial charge in [-0.2, -0.15) is 4.31 Å². The van der Waals surface area contributed by atoms with Crippen LogP contribution in [0.2, 0.25) is 0 Å². The lowest BCUT2D eigenvalue weighted by molar-refractivity contribution is 0.173. The summed E-state index contributed by atoms with van der Waals surface area (Å²) < 4.78 is 24.8. The van der Waals surface area contributed by atoms with Gasteiger partial charge in [0, 0.05) is 38.6 Å². The van der Waals surface area contributed by atoms with Crippen molar-refractivity contribution in [2.75, 3.05) is 44.4 Å². The molecule has 6 nitrogen and oxygen atoms in total. The highest BCUT2D eigenvalue weighted by Gasteiger charge is 2.27. The summed E-state index contributed by atoms with van der Waals surface area (Å²) in [5.74, 6) is 0.0502. The third kappa shape index (κ3) is 4.01. The number of urea groups is 1. The number of hydrogen-bond acceptors (Lipinski definition) is 3. The fourth-order valence-corrected chi connectivity index (χ4v) is 3.42. The van der Waals surface area contributed by atoms with E-state index < -0.39 is 10.0 Å². The molecule has 100 valence electrons. The van der Waals surface area contributed by atoms with Gasteiger partial charge in [-0.15, -0.1) is 11.6 Å². The first-order valence-electron chi connectivity index (χ1n) is 5.58. The summed E-state index contributed by atoms with van der Waals surface area (Å²) in [5, 5.41) is 2.69. The van der Waals surface area contributed by atoms with Crippen LogP contribution in [0.25, 0.3) is 0 Å². The van der Waals surface area contributed by atoms with Gasteiger partial charge in [0.05, 0.1) is 5.75 Å². The minimum Gasteiger partial charge on any atom is -0.338 e. The molecule has 1 rings (SSSR count). The predicted octanol–water partition coefficient (Wildman–Crippen LogP) is -0.0979. The number of rotatable bonds is 4. The van der Waals surface area contributed by atoms with Gasteiger partial charge in [-0.3, -0.25) is 0 Å². The Kier molecular flexibility index (Phi) is 5.48. The van der Waals surface area contributed by atoms with Crippen molar-refractivity contribution in [3.63, 3.8) is 0 Å². The molecule has 0 spiro atoms. The van der Waals surface area contributed by atoms with Gasteiger partial charge in [-0.25, -0.2) is 13.2 Å². The number of alkyl halides is 1. The Morgan fingerprint density at radius 2 is 1.88 bits per heavy atom. The standard InChI is InChI=1S/C9H18ClN3O3S/c1-2-11-9(14)12-4-6-13(7-5-12)17(15,16)8-3-10/h2-8H2,1H3,(H,11,14). The number of halogens is 1. The van der Waals surface area contributed by atoms with Gasteiger partial charge in [0.2, 0.25) is 10.0 Å². The van der Waals surface area contributed by atoms with E-state index in [9.17, 15) is 13.2 Å². The number of nitrogens with one attached hydrogen (secondary N) is 1. The van der Waals surface area contributed by atoms with Gasteiger partial charge < -0.3 is 10.2 Å². The van der Waals surface area contributed by atoms with Crippen LogP contribution in [0.5, 0.6) is 0 Å². The van der Waals surface area contributed by atoms with Crippen molar-refractivity contribution in [2.45, 2.75) is 6.92 Å². The van der Waals surface area contributed by atoms with Crippen LogP contribution < -0.4 is 5.32 Å².